The van der Waals surface area contributed by atoms with Gasteiger partial charge in [0.1, 0.15) is 23.9 Å². The largest absolute Gasteiger partial charge is 0.497 e. The van der Waals surface area contributed by atoms with Crippen molar-refractivity contribution in [1.82, 2.24) is 19.9 Å². The van der Waals surface area contributed by atoms with Gasteiger partial charge >= 0.3 is 0 Å². The maximum Gasteiger partial charge on any atom is 0.150 e. The van der Waals surface area contributed by atoms with Crippen molar-refractivity contribution in [3.05, 3.63) is 71.9 Å². The van der Waals surface area contributed by atoms with Crippen molar-refractivity contribution in [1.29, 1.82) is 0 Å². The Morgan fingerprint density at radius 2 is 1.77 bits per heavy atom. The van der Waals surface area contributed by atoms with Gasteiger partial charge in [0.25, 0.3) is 0 Å². The highest BCUT2D eigenvalue weighted by Crippen LogP contribution is 2.27. The normalized spacial score (nSPS) is 14.5. The Hall–Kier alpha value is -3.19. The lowest BCUT2D eigenvalue weighted by molar-refractivity contribution is 0.239. The molecule has 4 rings (SSSR count). The summed E-state index contributed by atoms with van der Waals surface area (Å²) in [6.45, 7) is 7.01. The van der Waals surface area contributed by atoms with Gasteiger partial charge in [0.15, 0.2) is 0 Å². The number of rotatable bonds is 7. The summed E-state index contributed by atoms with van der Waals surface area (Å²) in [5.41, 5.74) is 3.01. The fraction of sp³-hybridized carbons (Fsp3) is 0.348. The number of anilines is 1. The van der Waals surface area contributed by atoms with Gasteiger partial charge in [-0.2, -0.15) is 0 Å². The summed E-state index contributed by atoms with van der Waals surface area (Å²) in [5.74, 6) is 2.69. The van der Waals surface area contributed by atoms with Crippen molar-refractivity contribution < 1.29 is 9.47 Å². The van der Waals surface area contributed by atoms with Crippen molar-refractivity contribution in [2.45, 2.75) is 20.1 Å². The molecule has 7 nitrogen and oxygen atoms in total. The smallest absolute Gasteiger partial charge is 0.150 e. The number of hydrogen-bond acceptors (Lipinski definition) is 7. The number of aromatic nitrogens is 3. The molecule has 1 saturated heterocycles. The SMILES string of the molecule is COc1ccc(OCc2ccccn2)c(CN2CCN(c3nccnc3C)CC2)c1. The molecule has 0 radical (unpaired) electrons. The molecule has 0 unspecified atom stereocenters. The molecule has 156 valence electrons. The van der Waals surface area contributed by atoms with Crippen LogP contribution in [-0.4, -0.2) is 53.1 Å². The maximum absolute atomic E-state index is 6.10. The number of nitrogens with zero attached hydrogens (tertiary/aromatic N) is 5. The first-order valence-electron chi connectivity index (χ1n) is 10.2. The van der Waals surface area contributed by atoms with Crippen molar-refractivity contribution in [3.63, 3.8) is 0 Å². The first-order chi connectivity index (χ1) is 14.7. The Kier molecular flexibility index (Phi) is 6.39. The minimum atomic E-state index is 0.444. The molecule has 1 aliphatic heterocycles. The monoisotopic (exact) mass is 405 g/mol. The Balaban J connectivity index is 1.41. The van der Waals surface area contributed by atoms with Gasteiger partial charge in [0.2, 0.25) is 0 Å². The molecule has 3 heterocycles. The van der Waals surface area contributed by atoms with Crippen LogP contribution in [0.1, 0.15) is 17.0 Å². The molecule has 0 N–H and O–H groups in total. The molecular weight excluding hydrogens is 378 g/mol. The molecule has 2 aromatic heterocycles. The summed E-state index contributed by atoms with van der Waals surface area (Å²) in [6.07, 6.45) is 5.28. The number of piperazine rings is 1. The standard InChI is InChI=1S/C23H27N5O2/c1-18-23(26-10-9-24-18)28-13-11-27(12-14-28)16-19-15-21(29-2)6-7-22(19)30-17-20-5-3-4-8-25-20/h3-10,15H,11-14,16-17H2,1-2H3. The van der Waals surface area contributed by atoms with Gasteiger partial charge in [0, 0.05) is 56.9 Å². The molecule has 3 aromatic rings. The topological polar surface area (TPSA) is 63.6 Å². The predicted octanol–water partition coefficient (Wildman–Crippen LogP) is 3.09. The Morgan fingerprint density at radius 3 is 2.50 bits per heavy atom. The van der Waals surface area contributed by atoms with E-state index >= 15 is 0 Å². The summed E-state index contributed by atoms with van der Waals surface area (Å²) in [7, 11) is 1.69. The van der Waals surface area contributed by atoms with Gasteiger partial charge < -0.3 is 14.4 Å². The Bertz CT molecular complexity index is 959. The van der Waals surface area contributed by atoms with E-state index in [1.165, 1.54) is 0 Å². The molecule has 7 heteroatoms. The van der Waals surface area contributed by atoms with Crippen molar-refractivity contribution >= 4 is 5.82 Å². The van der Waals surface area contributed by atoms with E-state index in [9.17, 15) is 0 Å². The molecule has 30 heavy (non-hydrogen) atoms. The van der Waals surface area contributed by atoms with Crippen LogP contribution in [0.3, 0.4) is 0 Å². The van der Waals surface area contributed by atoms with Crippen molar-refractivity contribution in [2.24, 2.45) is 0 Å². The number of ether oxygens (including phenoxy) is 2. The second kappa shape index (κ2) is 9.54. The summed E-state index contributed by atoms with van der Waals surface area (Å²) in [4.78, 5) is 18.0. The van der Waals surface area contributed by atoms with Crippen LogP contribution in [0.5, 0.6) is 11.5 Å². The fourth-order valence-corrected chi connectivity index (χ4v) is 3.65. The van der Waals surface area contributed by atoms with Crippen LogP contribution in [0, 0.1) is 6.92 Å². The first-order valence-corrected chi connectivity index (χ1v) is 10.2. The van der Waals surface area contributed by atoms with Crippen LogP contribution in [-0.2, 0) is 13.2 Å². The van der Waals surface area contributed by atoms with Crippen LogP contribution in [0.15, 0.2) is 55.0 Å². The first kappa shape index (κ1) is 20.1. The van der Waals surface area contributed by atoms with E-state index in [1.807, 2.05) is 37.3 Å². The van der Waals surface area contributed by atoms with Crippen LogP contribution >= 0.6 is 0 Å². The highest BCUT2D eigenvalue weighted by Gasteiger charge is 2.21. The van der Waals surface area contributed by atoms with Crippen LogP contribution < -0.4 is 14.4 Å². The zero-order chi connectivity index (χ0) is 20.8. The van der Waals surface area contributed by atoms with E-state index in [2.05, 4.69) is 30.8 Å². The zero-order valence-corrected chi connectivity index (χ0v) is 17.5. The van der Waals surface area contributed by atoms with Crippen molar-refractivity contribution in [3.8, 4) is 11.5 Å². The Labute approximate surface area is 177 Å². The third-order valence-electron chi connectivity index (χ3n) is 5.29. The van der Waals surface area contributed by atoms with Crippen molar-refractivity contribution in [2.75, 3.05) is 38.2 Å². The Morgan fingerprint density at radius 1 is 0.933 bits per heavy atom. The molecular formula is C23H27N5O2. The number of hydrogen-bond donors (Lipinski definition) is 0. The van der Waals surface area contributed by atoms with E-state index in [0.29, 0.717) is 6.61 Å². The van der Waals surface area contributed by atoms with Crippen LogP contribution in [0.4, 0.5) is 5.82 Å². The number of benzene rings is 1. The number of methoxy groups -OCH3 is 1. The van der Waals surface area contributed by atoms with Gasteiger partial charge in [-0.15, -0.1) is 0 Å². The highest BCUT2D eigenvalue weighted by molar-refractivity contribution is 5.43. The highest BCUT2D eigenvalue weighted by atomic mass is 16.5. The minimum absolute atomic E-state index is 0.444. The van der Waals surface area contributed by atoms with Gasteiger partial charge in [-0.05, 0) is 37.3 Å². The van der Waals surface area contributed by atoms with E-state index in [4.69, 9.17) is 9.47 Å². The average molecular weight is 406 g/mol. The van der Waals surface area contributed by atoms with Crippen LogP contribution in [0.2, 0.25) is 0 Å². The molecule has 0 saturated carbocycles. The predicted molar refractivity (Wildman–Crippen MR) is 116 cm³/mol. The summed E-state index contributed by atoms with van der Waals surface area (Å²) < 4.78 is 11.5. The third-order valence-corrected chi connectivity index (χ3v) is 5.29. The molecule has 0 spiro atoms. The lowest BCUT2D eigenvalue weighted by Gasteiger charge is -2.36. The minimum Gasteiger partial charge on any atom is -0.497 e. The molecule has 0 bridgehead atoms. The summed E-state index contributed by atoms with van der Waals surface area (Å²) >= 11 is 0. The maximum atomic E-state index is 6.10. The van der Waals surface area contributed by atoms with E-state index in [1.54, 1.807) is 25.7 Å². The van der Waals surface area contributed by atoms with Crippen LogP contribution in [0.25, 0.3) is 0 Å². The van der Waals surface area contributed by atoms with Gasteiger partial charge in [0.05, 0.1) is 18.5 Å². The fourth-order valence-electron chi connectivity index (χ4n) is 3.65. The third kappa shape index (κ3) is 4.86. The van der Waals surface area contributed by atoms with E-state index in [0.717, 1.165) is 67.0 Å². The molecule has 1 aliphatic rings. The van der Waals surface area contributed by atoms with E-state index < -0.39 is 0 Å². The summed E-state index contributed by atoms with van der Waals surface area (Å²) in [6, 6.07) is 11.8. The number of aryl methyl sites for hydroxylation is 1. The zero-order valence-electron chi connectivity index (χ0n) is 17.5. The lowest BCUT2D eigenvalue weighted by atomic mass is 10.1. The van der Waals surface area contributed by atoms with E-state index in [-0.39, 0.29) is 0 Å². The summed E-state index contributed by atoms with van der Waals surface area (Å²) in [5, 5.41) is 0. The lowest BCUT2D eigenvalue weighted by Crippen LogP contribution is -2.46. The van der Waals surface area contributed by atoms with Gasteiger partial charge in [-0.3, -0.25) is 14.9 Å². The molecule has 1 aromatic carbocycles. The average Bonchev–Trinajstić information content (AvgIpc) is 2.80. The molecule has 0 amide bonds. The molecule has 0 aliphatic carbocycles. The quantitative estimate of drug-likeness (QED) is 0.598. The molecule has 0 atom stereocenters. The second-order valence-electron chi connectivity index (χ2n) is 7.31. The van der Waals surface area contributed by atoms with Gasteiger partial charge in [-0.1, -0.05) is 6.07 Å². The van der Waals surface area contributed by atoms with Gasteiger partial charge in [-0.25, -0.2) is 4.98 Å². The second-order valence-corrected chi connectivity index (χ2v) is 7.31. The molecule has 1 fully saturated rings. The number of pyridine rings is 1.